The highest BCUT2D eigenvalue weighted by molar-refractivity contribution is 5.75. The summed E-state index contributed by atoms with van der Waals surface area (Å²) in [7, 11) is 1.50. The van der Waals surface area contributed by atoms with Gasteiger partial charge in [-0.1, -0.05) is 6.07 Å². The van der Waals surface area contributed by atoms with Gasteiger partial charge < -0.3 is 20.1 Å². The lowest BCUT2D eigenvalue weighted by Gasteiger charge is -2.37. The maximum atomic E-state index is 13.9. The fourth-order valence-corrected chi connectivity index (χ4v) is 3.73. The van der Waals surface area contributed by atoms with Gasteiger partial charge in [-0.2, -0.15) is 0 Å². The Morgan fingerprint density at radius 2 is 2.09 bits per heavy atom. The van der Waals surface area contributed by atoms with E-state index in [2.05, 4.69) is 5.32 Å². The number of amides is 2. The molecule has 2 amide bonds. The minimum absolute atomic E-state index is 0.0988. The van der Waals surface area contributed by atoms with Gasteiger partial charge in [-0.3, -0.25) is 0 Å². The molecule has 0 spiro atoms. The summed E-state index contributed by atoms with van der Waals surface area (Å²) in [5.74, 6) is 0.165. The Hall–Kier alpha value is -1.82. The number of ether oxygens (including phenoxy) is 1. The van der Waals surface area contributed by atoms with Gasteiger partial charge in [0.1, 0.15) is 11.6 Å². The molecule has 6 heteroatoms. The average molecular weight is 322 g/mol. The van der Waals surface area contributed by atoms with Crippen LogP contribution in [0.4, 0.5) is 9.18 Å². The van der Waals surface area contributed by atoms with Gasteiger partial charge in [0, 0.05) is 24.7 Å². The van der Waals surface area contributed by atoms with Crippen molar-refractivity contribution in [1.82, 2.24) is 10.2 Å². The molecule has 2 heterocycles. The van der Waals surface area contributed by atoms with E-state index in [1.165, 1.54) is 13.2 Å². The Morgan fingerprint density at radius 1 is 1.39 bits per heavy atom. The predicted octanol–water partition coefficient (Wildman–Crippen LogP) is 2.07. The lowest BCUT2D eigenvalue weighted by Crippen LogP contribution is -2.52. The summed E-state index contributed by atoms with van der Waals surface area (Å²) in [6, 6.07) is 4.93. The van der Waals surface area contributed by atoms with Crippen molar-refractivity contribution in [3.8, 4) is 5.75 Å². The molecule has 3 rings (SSSR count). The van der Waals surface area contributed by atoms with Crippen molar-refractivity contribution in [1.29, 1.82) is 0 Å². The van der Waals surface area contributed by atoms with Gasteiger partial charge in [-0.25, -0.2) is 9.18 Å². The molecule has 0 aromatic heterocycles. The number of hydrogen-bond donors (Lipinski definition) is 2. The number of nitrogens with zero attached hydrogens (tertiary/aromatic N) is 1. The number of carbonyl (C=O) groups excluding carboxylic acids is 1. The van der Waals surface area contributed by atoms with Gasteiger partial charge in [0.05, 0.1) is 13.2 Å². The van der Waals surface area contributed by atoms with Crippen molar-refractivity contribution < 1.29 is 19.0 Å². The Kier molecular flexibility index (Phi) is 4.71. The number of methoxy groups -OCH3 is 1. The molecule has 2 saturated heterocycles. The van der Waals surface area contributed by atoms with Crippen LogP contribution in [0.25, 0.3) is 0 Å². The molecule has 23 heavy (non-hydrogen) atoms. The van der Waals surface area contributed by atoms with Crippen LogP contribution in [0.5, 0.6) is 5.75 Å². The van der Waals surface area contributed by atoms with Gasteiger partial charge in [-0.05, 0) is 43.7 Å². The molecule has 2 atom stereocenters. The Bertz CT molecular complexity index is 567. The SMILES string of the molecule is COc1ccc(CCNC(=O)N2C3CCC2CC(O)C3)c(F)c1. The highest BCUT2D eigenvalue weighted by Gasteiger charge is 2.42. The average Bonchev–Trinajstić information content (AvgIpc) is 2.80. The van der Waals surface area contributed by atoms with Gasteiger partial charge in [0.2, 0.25) is 0 Å². The summed E-state index contributed by atoms with van der Waals surface area (Å²) < 4.78 is 18.8. The van der Waals surface area contributed by atoms with Crippen LogP contribution in [0.15, 0.2) is 18.2 Å². The molecular formula is C17H23FN2O3. The molecule has 2 N–H and O–H groups in total. The first-order chi connectivity index (χ1) is 11.1. The maximum absolute atomic E-state index is 13.9. The lowest BCUT2D eigenvalue weighted by molar-refractivity contribution is 0.0543. The van der Waals surface area contributed by atoms with Crippen molar-refractivity contribution in [2.24, 2.45) is 0 Å². The normalized spacial score (nSPS) is 26.2. The number of aliphatic hydroxyl groups is 1. The first kappa shape index (κ1) is 16.1. The van der Waals surface area contributed by atoms with Crippen molar-refractivity contribution in [2.75, 3.05) is 13.7 Å². The number of hydrogen-bond acceptors (Lipinski definition) is 3. The molecule has 2 bridgehead atoms. The third kappa shape index (κ3) is 3.42. The number of benzene rings is 1. The summed E-state index contributed by atoms with van der Waals surface area (Å²) in [5.41, 5.74) is 0.558. The van der Waals surface area contributed by atoms with Gasteiger partial charge in [-0.15, -0.1) is 0 Å². The predicted molar refractivity (Wildman–Crippen MR) is 83.9 cm³/mol. The molecule has 0 saturated carbocycles. The highest BCUT2D eigenvalue weighted by atomic mass is 19.1. The molecule has 126 valence electrons. The zero-order valence-corrected chi connectivity index (χ0v) is 13.3. The van der Waals surface area contributed by atoms with Crippen LogP contribution in [0.3, 0.4) is 0 Å². The van der Waals surface area contributed by atoms with Crippen molar-refractivity contribution in [3.63, 3.8) is 0 Å². The summed E-state index contributed by atoms with van der Waals surface area (Å²) in [6.07, 6.45) is 3.40. The van der Waals surface area contributed by atoms with Crippen LogP contribution in [-0.4, -0.2) is 47.9 Å². The lowest BCUT2D eigenvalue weighted by atomic mass is 10.0. The summed E-state index contributed by atoms with van der Waals surface area (Å²) in [5, 5.41) is 12.7. The van der Waals surface area contributed by atoms with E-state index in [4.69, 9.17) is 4.74 Å². The minimum Gasteiger partial charge on any atom is -0.497 e. The first-order valence-electron chi connectivity index (χ1n) is 8.15. The molecule has 5 nitrogen and oxygen atoms in total. The van der Waals surface area contributed by atoms with E-state index in [1.54, 1.807) is 12.1 Å². The zero-order valence-electron chi connectivity index (χ0n) is 13.3. The van der Waals surface area contributed by atoms with Crippen LogP contribution in [0.2, 0.25) is 0 Å². The second-order valence-corrected chi connectivity index (χ2v) is 6.36. The third-order valence-electron chi connectivity index (χ3n) is 4.87. The number of halogens is 1. The Morgan fingerprint density at radius 3 is 2.70 bits per heavy atom. The van der Waals surface area contributed by atoms with E-state index in [0.717, 1.165) is 12.8 Å². The van der Waals surface area contributed by atoms with Crippen LogP contribution in [-0.2, 0) is 6.42 Å². The van der Waals surface area contributed by atoms with Crippen molar-refractivity contribution in [3.05, 3.63) is 29.6 Å². The number of urea groups is 1. The minimum atomic E-state index is -0.320. The van der Waals surface area contributed by atoms with E-state index in [1.807, 2.05) is 4.90 Å². The third-order valence-corrected chi connectivity index (χ3v) is 4.87. The first-order valence-corrected chi connectivity index (χ1v) is 8.15. The van der Waals surface area contributed by atoms with Gasteiger partial charge in [0.25, 0.3) is 0 Å². The molecule has 2 unspecified atom stereocenters. The fraction of sp³-hybridized carbons (Fsp3) is 0.588. The topological polar surface area (TPSA) is 61.8 Å². The standard InChI is InChI=1S/C17H23FN2O3/c1-23-15-5-2-11(16(18)10-15)6-7-19-17(22)20-12-3-4-13(20)9-14(21)8-12/h2,5,10,12-14,21H,3-4,6-9H2,1H3,(H,19,22). The maximum Gasteiger partial charge on any atom is 0.317 e. The van der Waals surface area contributed by atoms with Gasteiger partial charge in [0.15, 0.2) is 0 Å². The van der Waals surface area contributed by atoms with E-state index in [-0.39, 0.29) is 30.0 Å². The van der Waals surface area contributed by atoms with Crippen molar-refractivity contribution in [2.45, 2.75) is 50.3 Å². The second kappa shape index (κ2) is 6.74. The molecule has 0 radical (unpaired) electrons. The van der Waals surface area contributed by atoms with Crippen LogP contribution >= 0.6 is 0 Å². The Labute approximate surface area is 135 Å². The monoisotopic (exact) mass is 322 g/mol. The molecule has 1 aromatic carbocycles. The molecule has 2 aliphatic rings. The molecule has 2 aliphatic heterocycles. The van der Waals surface area contributed by atoms with E-state index < -0.39 is 0 Å². The van der Waals surface area contributed by atoms with Crippen molar-refractivity contribution >= 4 is 6.03 Å². The smallest absolute Gasteiger partial charge is 0.317 e. The molecule has 2 fully saturated rings. The van der Waals surface area contributed by atoms with Crippen LogP contribution in [0, 0.1) is 5.82 Å². The van der Waals surface area contributed by atoms with E-state index in [9.17, 15) is 14.3 Å². The Balaban J connectivity index is 1.52. The number of aliphatic hydroxyl groups excluding tert-OH is 1. The highest BCUT2D eigenvalue weighted by Crippen LogP contribution is 2.35. The number of piperidine rings is 1. The summed E-state index contributed by atoms with van der Waals surface area (Å²) >= 11 is 0. The molecule has 1 aromatic rings. The molecular weight excluding hydrogens is 299 g/mol. The number of carbonyl (C=O) groups is 1. The van der Waals surface area contributed by atoms with E-state index in [0.29, 0.717) is 37.1 Å². The van der Waals surface area contributed by atoms with E-state index >= 15 is 0 Å². The fourth-order valence-electron chi connectivity index (χ4n) is 3.73. The number of rotatable bonds is 4. The molecule has 0 aliphatic carbocycles. The number of nitrogens with one attached hydrogen (secondary N) is 1. The quantitative estimate of drug-likeness (QED) is 0.892. The second-order valence-electron chi connectivity index (χ2n) is 6.36. The largest absolute Gasteiger partial charge is 0.497 e. The van der Waals surface area contributed by atoms with Crippen LogP contribution < -0.4 is 10.1 Å². The zero-order chi connectivity index (χ0) is 16.4. The van der Waals surface area contributed by atoms with Gasteiger partial charge >= 0.3 is 6.03 Å². The summed E-state index contributed by atoms with van der Waals surface area (Å²) in [6.45, 7) is 0.389. The number of fused-ring (bicyclic) bond motifs is 2. The van der Waals surface area contributed by atoms with Crippen LogP contribution in [0.1, 0.15) is 31.2 Å². The summed E-state index contributed by atoms with van der Waals surface area (Å²) in [4.78, 5) is 14.2.